The standard InChI is InChI=1S/C8H12N2O/c1-5-6(2)10-4-8(11)7(5)3-9/h4,11H,3,9H2,1-2H3. The highest BCUT2D eigenvalue weighted by Crippen LogP contribution is 2.20. The Morgan fingerprint density at radius 3 is 2.64 bits per heavy atom. The summed E-state index contributed by atoms with van der Waals surface area (Å²) in [6.07, 6.45) is 1.44. The molecule has 1 aromatic heterocycles. The number of aromatic hydroxyl groups is 1. The highest BCUT2D eigenvalue weighted by molar-refractivity contribution is 5.38. The Morgan fingerprint density at radius 2 is 2.18 bits per heavy atom. The van der Waals surface area contributed by atoms with Gasteiger partial charge in [-0.3, -0.25) is 4.98 Å². The summed E-state index contributed by atoms with van der Waals surface area (Å²) in [4.78, 5) is 3.98. The lowest BCUT2D eigenvalue weighted by atomic mass is 10.1. The summed E-state index contributed by atoms with van der Waals surface area (Å²) in [5.41, 5.74) is 8.12. The Kier molecular flexibility index (Phi) is 2.10. The molecule has 0 unspecified atom stereocenters. The summed E-state index contributed by atoms with van der Waals surface area (Å²) in [6.45, 7) is 4.17. The van der Waals surface area contributed by atoms with Crippen molar-refractivity contribution in [1.82, 2.24) is 4.98 Å². The van der Waals surface area contributed by atoms with Crippen LogP contribution in [0.15, 0.2) is 6.20 Å². The molecule has 1 heterocycles. The van der Waals surface area contributed by atoms with E-state index in [2.05, 4.69) is 4.98 Å². The molecular weight excluding hydrogens is 140 g/mol. The van der Waals surface area contributed by atoms with Crippen LogP contribution in [-0.4, -0.2) is 10.1 Å². The van der Waals surface area contributed by atoms with Crippen molar-refractivity contribution in [2.75, 3.05) is 0 Å². The predicted octanol–water partition coefficient (Wildman–Crippen LogP) is 0.863. The molecule has 1 aromatic rings. The van der Waals surface area contributed by atoms with Crippen molar-refractivity contribution < 1.29 is 5.11 Å². The fraction of sp³-hybridized carbons (Fsp3) is 0.375. The van der Waals surface area contributed by atoms with Crippen molar-refractivity contribution in [2.24, 2.45) is 5.73 Å². The van der Waals surface area contributed by atoms with Gasteiger partial charge < -0.3 is 10.8 Å². The predicted molar refractivity (Wildman–Crippen MR) is 43.3 cm³/mol. The Morgan fingerprint density at radius 1 is 1.55 bits per heavy atom. The van der Waals surface area contributed by atoms with Crippen molar-refractivity contribution >= 4 is 0 Å². The van der Waals surface area contributed by atoms with Gasteiger partial charge in [0.2, 0.25) is 0 Å². The van der Waals surface area contributed by atoms with Crippen molar-refractivity contribution in [3.05, 3.63) is 23.0 Å². The number of nitrogens with zero attached hydrogens (tertiary/aromatic N) is 1. The molecule has 0 spiro atoms. The molecule has 3 heteroatoms. The minimum absolute atomic E-state index is 0.190. The molecule has 0 saturated heterocycles. The number of aromatic nitrogens is 1. The maximum Gasteiger partial charge on any atom is 0.138 e. The maximum atomic E-state index is 9.27. The molecule has 0 aromatic carbocycles. The lowest BCUT2D eigenvalue weighted by Gasteiger charge is -2.06. The molecule has 0 aliphatic rings. The number of hydrogen-bond donors (Lipinski definition) is 2. The first-order chi connectivity index (χ1) is 5.16. The number of rotatable bonds is 1. The van der Waals surface area contributed by atoms with Crippen LogP contribution < -0.4 is 5.73 Å². The molecule has 1 rings (SSSR count). The van der Waals surface area contributed by atoms with Crippen molar-refractivity contribution in [2.45, 2.75) is 20.4 Å². The highest BCUT2D eigenvalue weighted by atomic mass is 16.3. The summed E-state index contributed by atoms with van der Waals surface area (Å²) in [7, 11) is 0. The zero-order chi connectivity index (χ0) is 8.43. The van der Waals surface area contributed by atoms with Gasteiger partial charge >= 0.3 is 0 Å². The molecule has 0 fully saturated rings. The monoisotopic (exact) mass is 152 g/mol. The zero-order valence-electron chi connectivity index (χ0n) is 6.76. The van der Waals surface area contributed by atoms with E-state index in [0.717, 1.165) is 16.8 Å². The zero-order valence-corrected chi connectivity index (χ0v) is 6.76. The average Bonchev–Trinajstić information content (AvgIpc) is 1.99. The molecule has 11 heavy (non-hydrogen) atoms. The molecule has 60 valence electrons. The van der Waals surface area contributed by atoms with Gasteiger partial charge in [-0.1, -0.05) is 0 Å². The summed E-state index contributed by atoms with van der Waals surface area (Å²) in [5, 5.41) is 9.27. The van der Waals surface area contributed by atoms with Gasteiger partial charge in [0.05, 0.1) is 6.20 Å². The third-order valence-corrected chi connectivity index (χ3v) is 1.89. The summed E-state index contributed by atoms with van der Waals surface area (Å²) in [5.74, 6) is 0.190. The quantitative estimate of drug-likeness (QED) is 0.627. The lowest BCUT2D eigenvalue weighted by Crippen LogP contribution is -2.02. The van der Waals surface area contributed by atoms with E-state index in [9.17, 15) is 5.11 Å². The van der Waals surface area contributed by atoms with Crippen LogP contribution in [0.3, 0.4) is 0 Å². The third-order valence-electron chi connectivity index (χ3n) is 1.89. The first-order valence-corrected chi connectivity index (χ1v) is 3.51. The summed E-state index contributed by atoms with van der Waals surface area (Å²) < 4.78 is 0. The highest BCUT2D eigenvalue weighted by Gasteiger charge is 2.05. The Labute approximate surface area is 65.9 Å². The second kappa shape index (κ2) is 2.88. The van der Waals surface area contributed by atoms with E-state index in [-0.39, 0.29) is 5.75 Å². The molecule has 0 aliphatic heterocycles. The van der Waals surface area contributed by atoms with Crippen LogP contribution in [0.2, 0.25) is 0 Å². The number of hydrogen-bond acceptors (Lipinski definition) is 3. The fourth-order valence-corrected chi connectivity index (χ4v) is 1.00. The van der Waals surface area contributed by atoms with Crippen LogP contribution in [0.1, 0.15) is 16.8 Å². The normalized spacial score (nSPS) is 10.1. The van der Waals surface area contributed by atoms with Gasteiger partial charge in [-0.25, -0.2) is 0 Å². The van der Waals surface area contributed by atoms with E-state index >= 15 is 0 Å². The number of aryl methyl sites for hydroxylation is 1. The van der Waals surface area contributed by atoms with Crippen LogP contribution >= 0.6 is 0 Å². The molecule has 3 nitrogen and oxygen atoms in total. The van der Waals surface area contributed by atoms with Gasteiger partial charge in [-0.05, 0) is 19.4 Å². The Bertz CT molecular complexity index is 271. The van der Waals surface area contributed by atoms with Crippen molar-refractivity contribution in [3.63, 3.8) is 0 Å². The molecule has 3 N–H and O–H groups in total. The molecule has 0 atom stereocenters. The van der Waals surface area contributed by atoms with E-state index in [1.54, 1.807) is 0 Å². The minimum Gasteiger partial charge on any atom is -0.506 e. The van der Waals surface area contributed by atoms with Crippen LogP contribution in [0.4, 0.5) is 0 Å². The average molecular weight is 152 g/mol. The van der Waals surface area contributed by atoms with Gasteiger partial charge in [0.15, 0.2) is 0 Å². The topological polar surface area (TPSA) is 59.1 Å². The molecule has 0 aliphatic carbocycles. The fourth-order valence-electron chi connectivity index (χ4n) is 1.00. The summed E-state index contributed by atoms with van der Waals surface area (Å²) in [6, 6.07) is 0. The van der Waals surface area contributed by atoms with Crippen molar-refractivity contribution in [1.29, 1.82) is 0 Å². The van der Waals surface area contributed by atoms with E-state index < -0.39 is 0 Å². The first-order valence-electron chi connectivity index (χ1n) is 3.51. The molecular formula is C8H12N2O. The Balaban J connectivity index is 3.29. The maximum absolute atomic E-state index is 9.27. The first kappa shape index (κ1) is 8.01. The van der Waals surface area contributed by atoms with Gasteiger partial charge in [0.1, 0.15) is 5.75 Å². The van der Waals surface area contributed by atoms with E-state index in [1.807, 2.05) is 13.8 Å². The molecule has 0 radical (unpaired) electrons. The van der Waals surface area contributed by atoms with Crippen LogP contribution in [0.5, 0.6) is 5.75 Å². The third kappa shape index (κ3) is 1.33. The largest absolute Gasteiger partial charge is 0.506 e. The van der Waals surface area contributed by atoms with Crippen LogP contribution in [0, 0.1) is 13.8 Å². The second-order valence-corrected chi connectivity index (χ2v) is 2.54. The van der Waals surface area contributed by atoms with Crippen molar-refractivity contribution in [3.8, 4) is 5.75 Å². The smallest absolute Gasteiger partial charge is 0.138 e. The molecule has 0 amide bonds. The number of nitrogens with two attached hydrogens (primary N) is 1. The van der Waals surface area contributed by atoms with Crippen LogP contribution in [-0.2, 0) is 6.54 Å². The van der Waals surface area contributed by atoms with Gasteiger partial charge in [-0.15, -0.1) is 0 Å². The lowest BCUT2D eigenvalue weighted by molar-refractivity contribution is 0.464. The second-order valence-electron chi connectivity index (χ2n) is 2.54. The van der Waals surface area contributed by atoms with E-state index in [0.29, 0.717) is 6.54 Å². The van der Waals surface area contributed by atoms with Crippen LogP contribution in [0.25, 0.3) is 0 Å². The SMILES string of the molecule is Cc1ncc(O)c(CN)c1C. The van der Waals surface area contributed by atoms with E-state index in [1.165, 1.54) is 6.20 Å². The van der Waals surface area contributed by atoms with Gasteiger partial charge in [-0.2, -0.15) is 0 Å². The van der Waals surface area contributed by atoms with Gasteiger partial charge in [0.25, 0.3) is 0 Å². The minimum atomic E-state index is 0.190. The summed E-state index contributed by atoms with van der Waals surface area (Å²) >= 11 is 0. The Hall–Kier alpha value is -1.09. The van der Waals surface area contributed by atoms with E-state index in [4.69, 9.17) is 5.73 Å². The molecule has 0 saturated carbocycles. The van der Waals surface area contributed by atoms with Gasteiger partial charge in [0, 0.05) is 17.8 Å². The molecule has 0 bridgehead atoms. The number of pyridine rings is 1.